The number of hydrogen-bond acceptors (Lipinski definition) is 2. The molecule has 1 fully saturated rings. The molecule has 0 spiro atoms. The minimum atomic E-state index is -4.46. The van der Waals surface area contributed by atoms with E-state index >= 15 is 0 Å². The molecule has 1 atom stereocenters. The maximum Gasteiger partial charge on any atom is 0.417 e. The predicted octanol–water partition coefficient (Wildman–Crippen LogP) is 2.53. The topological polar surface area (TPSA) is 46.3 Å². The number of halogens is 4. The Hall–Kier alpha value is -1.08. The van der Waals surface area contributed by atoms with Crippen LogP contribution in [0.3, 0.4) is 0 Å². The van der Waals surface area contributed by atoms with Crippen molar-refractivity contribution in [2.24, 2.45) is 5.73 Å². The van der Waals surface area contributed by atoms with Crippen LogP contribution in [0.5, 0.6) is 0 Å². The van der Waals surface area contributed by atoms with E-state index in [4.69, 9.17) is 5.73 Å². The number of carbonyl (C=O) groups excluding carboxylic acids is 1. The lowest BCUT2D eigenvalue weighted by Gasteiger charge is -2.18. The van der Waals surface area contributed by atoms with Crippen LogP contribution < -0.4 is 10.6 Å². The highest BCUT2D eigenvalue weighted by Gasteiger charge is 2.35. The zero-order chi connectivity index (χ0) is 13.5. The fraction of sp³-hybridized carbons (Fsp3) is 0.364. The van der Waals surface area contributed by atoms with E-state index in [-0.39, 0.29) is 16.1 Å². The molecule has 1 amide bonds. The Kier molecular flexibility index (Phi) is 3.37. The van der Waals surface area contributed by atoms with Crippen molar-refractivity contribution in [1.82, 2.24) is 0 Å². The van der Waals surface area contributed by atoms with Gasteiger partial charge in [-0.15, -0.1) is 0 Å². The number of nitrogens with two attached hydrogens (primary N) is 1. The van der Waals surface area contributed by atoms with Crippen molar-refractivity contribution >= 4 is 27.5 Å². The highest BCUT2D eigenvalue weighted by Crippen LogP contribution is 2.37. The van der Waals surface area contributed by atoms with Crippen LogP contribution >= 0.6 is 15.9 Å². The lowest BCUT2D eigenvalue weighted by atomic mass is 10.2. The van der Waals surface area contributed by atoms with Gasteiger partial charge in [-0.05, 0) is 24.6 Å². The molecule has 1 aliphatic rings. The van der Waals surface area contributed by atoms with Crippen LogP contribution in [0.1, 0.15) is 12.0 Å². The van der Waals surface area contributed by atoms with Crippen molar-refractivity contribution in [3.63, 3.8) is 0 Å². The monoisotopic (exact) mass is 322 g/mol. The first-order chi connectivity index (χ1) is 8.30. The quantitative estimate of drug-likeness (QED) is 0.863. The Bertz CT molecular complexity index is 490. The summed E-state index contributed by atoms with van der Waals surface area (Å²) in [6.07, 6.45) is -4.00. The molecule has 2 rings (SSSR count). The van der Waals surface area contributed by atoms with Gasteiger partial charge in [-0.25, -0.2) is 0 Å². The third-order valence-electron chi connectivity index (χ3n) is 2.81. The van der Waals surface area contributed by atoms with Gasteiger partial charge < -0.3 is 10.6 Å². The van der Waals surface area contributed by atoms with Gasteiger partial charge in [0.05, 0.1) is 11.6 Å². The second-order valence-corrected chi connectivity index (χ2v) is 4.90. The van der Waals surface area contributed by atoms with Crippen molar-refractivity contribution < 1.29 is 18.0 Å². The summed E-state index contributed by atoms with van der Waals surface area (Å²) in [4.78, 5) is 12.9. The fourth-order valence-electron chi connectivity index (χ4n) is 1.86. The summed E-state index contributed by atoms with van der Waals surface area (Å²) < 4.78 is 38.1. The summed E-state index contributed by atoms with van der Waals surface area (Å²) in [6.45, 7) is 0.346. The number of alkyl halides is 3. The number of amides is 1. The first-order valence-corrected chi connectivity index (χ1v) is 6.03. The third-order valence-corrected chi connectivity index (χ3v) is 3.51. The van der Waals surface area contributed by atoms with E-state index in [1.54, 1.807) is 0 Å². The first-order valence-electron chi connectivity index (χ1n) is 5.24. The Morgan fingerprint density at radius 2 is 2.06 bits per heavy atom. The predicted molar refractivity (Wildman–Crippen MR) is 64.1 cm³/mol. The summed E-state index contributed by atoms with van der Waals surface area (Å²) in [5.74, 6) is -0.342. The molecule has 0 aliphatic carbocycles. The van der Waals surface area contributed by atoms with Gasteiger partial charge in [-0.1, -0.05) is 15.9 Å². The number of hydrogen-bond donors (Lipinski definition) is 1. The van der Waals surface area contributed by atoms with E-state index in [1.807, 2.05) is 0 Å². The molecular formula is C11H10BrF3N2O. The van der Waals surface area contributed by atoms with Gasteiger partial charge in [-0.2, -0.15) is 13.2 Å². The van der Waals surface area contributed by atoms with Gasteiger partial charge >= 0.3 is 6.18 Å². The summed E-state index contributed by atoms with van der Waals surface area (Å²) in [7, 11) is 0. The van der Waals surface area contributed by atoms with Crippen LogP contribution in [0.2, 0.25) is 0 Å². The summed E-state index contributed by atoms with van der Waals surface area (Å²) in [5.41, 5.74) is 4.96. The zero-order valence-corrected chi connectivity index (χ0v) is 10.8. The largest absolute Gasteiger partial charge is 0.417 e. The van der Waals surface area contributed by atoms with Crippen molar-refractivity contribution in [2.75, 3.05) is 11.4 Å². The Morgan fingerprint density at radius 1 is 1.39 bits per heavy atom. The van der Waals surface area contributed by atoms with Crippen LogP contribution in [0, 0.1) is 0 Å². The maximum absolute atomic E-state index is 12.7. The number of rotatable bonds is 1. The molecule has 18 heavy (non-hydrogen) atoms. The lowest BCUT2D eigenvalue weighted by Crippen LogP contribution is -2.34. The van der Waals surface area contributed by atoms with Crippen LogP contribution in [-0.4, -0.2) is 18.5 Å². The molecule has 0 radical (unpaired) electrons. The molecule has 3 nitrogen and oxygen atoms in total. The molecule has 7 heteroatoms. The minimum absolute atomic E-state index is 0.0466. The van der Waals surface area contributed by atoms with Gasteiger partial charge in [-0.3, -0.25) is 4.79 Å². The van der Waals surface area contributed by atoms with E-state index in [2.05, 4.69) is 15.9 Å². The molecule has 1 aromatic carbocycles. The summed E-state index contributed by atoms with van der Waals surface area (Å²) >= 11 is 2.85. The molecule has 2 N–H and O–H groups in total. The first kappa shape index (κ1) is 13.4. The number of anilines is 1. The Labute approximate surface area is 110 Å². The van der Waals surface area contributed by atoms with E-state index in [0.717, 1.165) is 6.07 Å². The van der Waals surface area contributed by atoms with Gasteiger partial charge in [0, 0.05) is 16.7 Å². The zero-order valence-electron chi connectivity index (χ0n) is 9.17. The Morgan fingerprint density at radius 3 is 2.56 bits per heavy atom. The lowest BCUT2D eigenvalue weighted by molar-refractivity contribution is -0.138. The summed E-state index contributed by atoms with van der Waals surface area (Å²) in [5, 5.41) is 0. The minimum Gasteiger partial charge on any atom is -0.320 e. The van der Waals surface area contributed by atoms with E-state index in [9.17, 15) is 18.0 Å². The van der Waals surface area contributed by atoms with Crippen molar-refractivity contribution in [3.8, 4) is 0 Å². The molecule has 0 aromatic heterocycles. The molecule has 1 heterocycles. The van der Waals surface area contributed by atoms with Gasteiger partial charge in [0.2, 0.25) is 5.91 Å². The smallest absolute Gasteiger partial charge is 0.320 e. The Balaban J connectivity index is 2.39. The number of benzene rings is 1. The van der Waals surface area contributed by atoms with Crippen molar-refractivity contribution in [1.29, 1.82) is 0 Å². The molecule has 1 unspecified atom stereocenters. The third kappa shape index (κ3) is 2.37. The van der Waals surface area contributed by atoms with Crippen molar-refractivity contribution in [3.05, 3.63) is 28.2 Å². The molecule has 0 bridgehead atoms. The molecule has 1 saturated heterocycles. The highest BCUT2D eigenvalue weighted by molar-refractivity contribution is 9.10. The van der Waals surface area contributed by atoms with Crippen LogP contribution in [-0.2, 0) is 11.0 Å². The second-order valence-electron chi connectivity index (χ2n) is 4.05. The van der Waals surface area contributed by atoms with Gasteiger partial charge in [0.1, 0.15) is 0 Å². The number of nitrogens with zero attached hydrogens (tertiary/aromatic N) is 1. The molecule has 0 saturated carbocycles. The molecule has 1 aromatic rings. The fourth-order valence-corrected chi connectivity index (χ4v) is 2.33. The molecule has 1 aliphatic heterocycles. The SMILES string of the molecule is NC1CCN(c2ccc(Br)c(C(F)(F)F)c2)C1=O. The maximum atomic E-state index is 12.7. The van der Waals surface area contributed by atoms with Gasteiger partial charge in [0.15, 0.2) is 0 Å². The van der Waals surface area contributed by atoms with Crippen LogP contribution in [0.4, 0.5) is 18.9 Å². The van der Waals surface area contributed by atoms with Crippen molar-refractivity contribution in [2.45, 2.75) is 18.6 Å². The standard InChI is InChI=1S/C11H10BrF3N2O/c12-8-2-1-6(5-7(8)11(13,14)15)17-4-3-9(16)10(17)18/h1-2,5,9H,3-4,16H2. The highest BCUT2D eigenvalue weighted by atomic mass is 79.9. The average molecular weight is 323 g/mol. The van der Waals surface area contributed by atoms with E-state index in [0.29, 0.717) is 13.0 Å². The molecule has 98 valence electrons. The molecular weight excluding hydrogens is 313 g/mol. The van der Waals surface area contributed by atoms with Crippen LogP contribution in [0.25, 0.3) is 0 Å². The summed E-state index contributed by atoms with van der Waals surface area (Å²) in [6, 6.07) is 3.09. The van der Waals surface area contributed by atoms with E-state index in [1.165, 1.54) is 17.0 Å². The van der Waals surface area contributed by atoms with Gasteiger partial charge in [0.25, 0.3) is 0 Å². The number of carbonyl (C=O) groups is 1. The van der Waals surface area contributed by atoms with Crippen LogP contribution in [0.15, 0.2) is 22.7 Å². The normalized spacial score (nSPS) is 20.6. The second kappa shape index (κ2) is 4.55. The average Bonchev–Trinajstić information content (AvgIpc) is 2.59. The van der Waals surface area contributed by atoms with E-state index < -0.39 is 17.8 Å².